The van der Waals surface area contributed by atoms with Crippen molar-refractivity contribution in [3.05, 3.63) is 65.5 Å². The van der Waals surface area contributed by atoms with Crippen LogP contribution < -0.4 is 10.2 Å². The maximum Gasteiger partial charge on any atom is 0.271 e. The molecule has 0 unspecified atom stereocenters. The zero-order valence-electron chi connectivity index (χ0n) is 11.5. The second kappa shape index (κ2) is 7.19. The van der Waals surface area contributed by atoms with Gasteiger partial charge in [0.1, 0.15) is 11.6 Å². The van der Waals surface area contributed by atoms with Crippen molar-refractivity contribution in [3.8, 4) is 5.75 Å². The third-order valence-corrected chi connectivity index (χ3v) is 2.68. The third kappa shape index (κ3) is 4.42. The van der Waals surface area contributed by atoms with E-state index in [0.29, 0.717) is 12.2 Å². The van der Waals surface area contributed by atoms with E-state index in [1.54, 1.807) is 0 Å². The SMILES string of the molecule is CCOc1ccc(C=NNC(=O)c2ccc(F)cc2)cc1. The lowest BCUT2D eigenvalue weighted by Crippen LogP contribution is -2.17. The predicted octanol–water partition coefficient (Wildman–Crippen LogP) is 2.99. The number of benzene rings is 2. The summed E-state index contributed by atoms with van der Waals surface area (Å²) in [5, 5.41) is 3.86. The first-order valence-electron chi connectivity index (χ1n) is 6.51. The largest absolute Gasteiger partial charge is 0.494 e. The van der Waals surface area contributed by atoms with Gasteiger partial charge < -0.3 is 4.74 Å². The number of carbonyl (C=O) groups excluding carboxylic acids is 1. The molecule has 108 valence electrons. The second-order valence-corrected chi connectivity index (χ2v) is 4.21. The molecule has 0 saturated heterocycles. The Bertz CT molecular complexity index is 622. The molecule has 2 aromatic rings. The average Bonchev–Trinajstić information content (AvgIpc) is 2.50. The molecule has 0 aliphatic heterocycles. The first-order chi connectivity index (χ1) is 10.2. The number of hydrazone groups is 1. The van der Waals surface area contributed by atoms with Crippen LogP contribution in [0.1, 0.15) is 22.8 Å². The summed E-state index contributed by atoms with van der Waals surface area (Å²) in [7, 11) is 0. The molecule has 0 aliphatic rings. The van der Waals surface area contributed by atoms with Crippen LogP contribution in [0.15, 0.2) is 53.6 Å². The van der Waals surface area contributed by atoms with Gasteiger partial charge in [-0.3, -0.25) is 4.79 Å². The Hall–Kier alpha value is -2.69. The van der Waals surface area contributed by atoms with Gasteiger partial charge in [0.25, 0.3) is 5.91 Å². The highest BCUT2D eigenvalue weighted by atomic mass is 19.1. The van der Waals surface area contributed by atoms with Crippen LogP contribution in [0, 0.1) is 5.82 Å². The lowest BCUT2D eigenvalue weighted by molar-refractivity contribution is 0.0955. The van der Waals surface area contributed by atoms with E-state index < -0.39 is 5.91 Å². The van der Waals surface area contributed by atoms with Gasteiger partial charge in [-0.1, -0.05) is 0 Å². The van der Waals surface area contributed by atoms with Gasteiger partial charge in [0, 0.05) is 5.56 Å². The quantitative estimate of drug-likeness (QED) is 0.678. The number of nitrogens with zero attached hydrogens (tertiary/aromatic N) is 1. The van der Waals surface area contributed by atoms with Gasteiger partial charge in [-0.25, -0.2) is 9.82 Å². The molecule has 0 bridgehead atoms. The summed E-state index contributed by atoms with van der Waals surface area (Å²) in [5.41, 5.74) is 3.56. The van der Waals surface area contributed by atoms with Crippen LogP contribution in [-0.2, 0) is 0 Å². The summed E-state index contributed by atoms with van der Waals surface area (Å²) in [6.45, 7) is 2.53. The number of hydrogen-bond acceptors (Lipinski definition) is 3. The standard InChI is InChI=1S/C16H15FN2O2/c1-2-21-15-9-3-12(4-10-15)11-18-19-16(20)13-5-7-14(17)8-6-13/h3-11H,2H2,1H3,(H,19,20). The monoisotopic (exact) mass is 286 g/mol. The Morgan fingerprint density at radius 2 is 1.86 bits per heavy atom. The molecule has 4 nitrogen and oxygen atoms in total. The first kappa shape index (κ1) is 14.7. The third-order valence-electron chi connectivity index (χ3n) is 2.68. The van der Waals surface area contributed by atoms with Crippen LogP contribution in [-0.4, -0.2) is 18.7 Å². The van der Waals surface area contributed by atoms with Crippen LogP contribution >= 0.6 is 0 Å². The van der Waals surface area contributed by atoms with Crippen molar-refractivity contribution in [1.82, 2.24) is 5.43 Å². The number of rotatable bonds is 5. The molecule has 2 rings (SSSR count). The molecule has 0 fully saturated rings. The lowest BCUT2D eigenvalue weighted by Gasteiger charge is -2.02. The molecule has 0 heterocycles. The van der Waals surface area contributed by atoms with Gasteiger partial charge in [-0.15, -0.1) is 0 Å². The molecule has 5 heteroatoms. The number of nitrogens with one attached hydrogen (secondary N) is 1. The first-order valence-corrected chi connectivity index (χ1v) is 6.51. The molecule has 21 heavy (non-hydrogen) atoms. The molecule has 0 atom stereocenters. The summed E-state index contributed by atoms with van der Waals surface area (Å²) in [4.78, 5) is 11.7. The molecule has 0 aromatic heterocycles. The summed E-state index contributed by atoms with van der Waals surface area (Å²) in [5.74, 6) is 0.00613. The van der Waals surface area contributed by atoms with Gasteiger partial charge in [0.15, 0.2) is 0 Å². The number of halogens is 1. The van der Waals surface area contributed by atoms with E-state index in [1.165, 1.54) is 30.5 Å². The fraction of sp³-hybridized carbons (Fsp3) is 0.125. The fourth-order valence-corrected chi connectivity index (χ4v) is 1.65. The molecule has 0 aliphatic carbocycles. The van der Waals surface area contributed by atoms with E-state index in [9.17, 15) is 9.18 Å². The van der Waals surface area contributed by atoms with Gasteiger partial charge in [0.2, 0.25) is 0 Å². The highest BCUT2D eigenvalue weighted by Gasteiger charge is 2.03. The zero-order chi connectivity index (χ0) is 15.1. The fourth-order valence-electron chi connectivity index (χ4n) is 1.65. The van der Waals surface area contributed by atoms with Crippen molar-refractivity contribution < 1.29 is 13.9 Å². The topological polar surface area (TPSA) is 50.7 Å². The van der Waals surface area contributed by atoms with Gasteiger partial charge in [0.05, 0.1) is 12.8 Å². The van der Waals surface area contributed by atoms with E-state index in [0.717, 1.165) is 11.3 Å². The van der Waals surface area contributed by atoms with E-state index in [4.69, 9.17) is 4.74 Å². The molecule has 0 radical (unpaired) electrons. The lowest BCUT2D eigenvalue weighted by atomic mass is 10.2. The summed E-state index contributed by atoms with van der Waals surface area (Å²) < 4.78 is 18.1. The molecule has 1 N–H and O–H groups in total. The van der Waals surface area contributed by atoms with Crippen molar-refractivity contribution in [2.24, 2.45) is 5.10 Å². The van der Waals surface area contributed by atoms with Crippen molar-refractivity contribution >= 4 is 12.1 Å². The van der Waals surface area contributed by atoms with Crippen molar-refractivity contribution in [2.45, 2.75) is 6.92 Å². The number of carbonyl (C=O) groups is 1. The van der Waals surface area contributed by atoms with E-state index in [-0.39, 0.29) is 5.82 Å². The van der Waals surface area contributed by atoms with E-state index in [1.807, 2.05) is 31.2 Å². The van der Waals surface area contributed by atoms with Crippen LogP contribution in [0.3, 0.4) is 0 Å². The summed E-state index contributed by atoms with van der Waals surface area (Å²) in [6, 6.07) is 12.6. The van der Waals surface area contributed by atoms with Gasteiger partial charge in [-0.05, 0) is 61.0 Å². The van der Waals surface area contributed by atoms with Crippen LogP contribution in [0.4, 0.5) is 4.39 Å². The van der Waals surface area contributed by atoms with Crippen LogP contribution in [0.2, 0.25) is 0 Å². The smallest absolute Gasteiger partial charge is 0.271 e. The molecule has 2 aromatic carbocycles. The minimum absolute atomic E-state index is 0.347. The number of ether oxygens (including phenoxy) is 1. The Morgan fingerprint density at radius 1 is 1.19 bits per heavy atom. The molecule has 0 spiro atoms. The predicted molar refractivity (Wildman–Crippen MR) is 79.1 cm³/mol. The van der Waals surface area contributed by atoms with Crippen LogP contribution in [0.25, 0.3) is 0 Å². The minimum atomic E-state index is -0.391. The minimum Gasteiger partial charge on any atom is -0.494 e. The van der Waals surface area contributed by atoms with Crippen molar-refractivity contribution in [3.63, 3.8) is 0 Å². The Morgan fingerprint density at radius 3 is 2.48 bits per heavy atom. The second-order valence-electron chi connectivity index (χ2n) is 4.21. The molecular weight excluding hydrogens is 271 g/mol. The highest BCUT2D eigenvalue weighted by molar-refractivity contribution is 5.94. The van der Waals surface area contributed by atoms with E-state index >= 15 is 0 Å². The summed E-state index contributed by atoms with van der Waals surface area (Å²) >= 11 is 0. The Balaban J connectivity index is 1.92. The van der Waals surface area contributed by atoms with Crippen molar-refractivity contribution in [1.29, 1.82) is 0 Å². The highest BCUT2D eigenvalue weighted by Crippen LogP contribution is 2.10. The molecule has 1 amide bonds. The van der Waals surface area contributed by atoms with Crippen LogP contribution in [0.5, 0.6) is 5.75 Å². The maximum absolute atomic E-state index is 12.7. The number of amides is 1. The average molecular weight is 286 g/mol. The number of hydrogen-bond donors (Lipinski definition) is 1. The van der Waals surface area contributed by atoms with Gasteiger partial charge in [-0.2, -0.15) is 5.10 Å². The Labute approximate surface area is 122 Å². The maximum atomic E-state index is 12.7. The zero-order valence-corrected chi connectivity index (χ0v) is 11.5. The Kier molecular flexibility index (Phi) is 5.04. The molecular formula is C16H15FN2O2. The van der Waals surface area contributed by atoms with Crippen molar-refractivity contribution in [2.75, 3.05) is 6.61 Å². The van der Waals surface area contributed by atoms with Gasteiger partial charge >= 0.3 is 0 Å². The normalized spacial score (nSPS) is 10.6. The summed E-state index contributed by atoms with van der Waals surface area (Å²) in [6.07, 6.45) is 1.52. The van der Waals surface area contributed by atoms with E-state index in [2.05, 4.69) is 10.5 Å². The molecule has 0 saturated carbocycles.